The molecule has 0 aliphatic carbocycles. The number of ether oxygens (including phenoxy) is 1. The lowest BCUT2D eigenvalue weighted by atomic mass is 10.2. The molecule has 2 N–H and O–H groups in total. The zero-order valence-electron chi connectivity index (χ0n) is 9.13. The summed E-state index contributed by atoms with van der Waals surface area (Å²) < 4.78 is 7.70. The summed E-state index contributed by atoms with van der Waals surface area (Å²) in [7, 11) is 0. The first-order chi connectivity index (χ1) is 7.74. The average Bonchev–Trinajstić information content (AvgIpc) is 2.83. The molecule has 1 saturated heterocycles. The summed E-state index contributed by atoms with van der Waals surface area (Å²) in [6, 6.07) is 3.69. The Kier molecular flexibility index (Phi) is 2.07. The molecule has 2 atom stereocenters. The Morgan fingerprint density at radius 2 is 2.25 bits per heavy atom. The van der Waals surface area contributed by atoms with E-state index in [0.717, 1.165) is 24.3 Å². The summed E-state index contributed by atoms with van der Waals surface area (Å²) in [5, 5.41) is 8.29. The summed E-state index contributed by atoms with van der Waals surface area (Å²) in [4.78, 5) is 0. The number of nitrogens with two attached hydrogens (primary N) is 1. The number of fused-ring (bicyclic) bond motifs is 1. The Bertz CT molecular complexity index is 522. The molecule has 3 rings (SSSR count). The zero-order chi connectivity index (χ0) is 11.1. The molecule has 0 amide bonds. The van der Waals surface area contributed by atoms with Crippen LogP contribution in [0.5, 0.6) is 0 Å². The van der Waals surface area contributed by atoms with Crippen LogP contribution in [0.25, 0.3) is 5.65 Å². The molecular formula is C11H14N4O. The molecule has 0 saturated carbocycles. The fraction of sp³-hybridized carbons (Fsp3) is 0.455. The van der Waals surface area contributed by atoms with E-state index in [2.05, 4.69) is 17.1 Å². The third kappa shape index (κ3) is 1.44. The maximum atomic E-state index is 5.79. The topological polar surface area (TPSA) is 65.4 Å². The number of nitrogen functional groups attached to an aromatic ring is 1. The predicted octanol–water partition coefficient (Wildman–Crippen LogP) is 1.55. The van der Waals surface area contributed by atoms with Crippen LogP contribution in [0, 0.1) is 0 Å². The van der Waals surface area contributed by atoms with E-state index >= 15 is 0 Å². The van der Waals surface area contributed by atoms with Crippen LogP contribution in [0.1, 0.15) is 31.7 Å². The van der Waals surface area contributed by atoms with E-state index in [1.807, 2.05) is 22.7 Å². The molecule has 2 aromatic rings. The highest BCUT2D eigenvalue weighted by atomic mass is 16.5. The van der Waals surface area contributed by atoms with Gasteiger partial charge in [-0.25, -0.2) is 0 Å². The molecule has 1 aliphatic rings. The van der Waals surface area contributed by atoms with E-state index in [1.54, 1.807) is 0 Å². The van der Waals surface area contributed by atoms with Gasteiger partial charge < -0.3 is 10.5 Å². The van der Waals surface area contributed by atoms with Gasteiger partial charge in [0.1, 0.15) is 6.10 Å². The van der Waals surface area contributed by atoms with Crippen molar-refractivity contribution in [3.8, 4) is 0 Å². The third-order valence-electron chi connectivity index (χ3n) is 2.97. The highest BCUT2D eigenvalue weighted by Gasteiger charge is 2.27. The van der Waals surface area contributed by atoms with Crippen molar-refractivity contribution < 1.29 is 4.74 Å². The van der Waals surface area contributed by atoms with E-state index in [-0.39, 0.29) is 6.10 Å². The molecule has 2 unspecified atom stereocenters. The Morgan fingerprint density at radius 3 is 3.00 bits per heavy atom. The standard InChI is InChI=1S/C11H14N4O/c1-7-2-4-9(16-7)11-14-13-10-5-3-8(12)6-15(10)11/h3,5-7,9H,2,4,12H2,1H3. The van der Waals surface area contributed by atoms with Crippen molar-refractivity contribution in [1.82, 2.24) is 14.6 Å². The number of aromatic nitrogens is 3. The third-order valence-corrected chi connectivity index (χ3v) is 2.97. The van der Waals surface area contributed by atoms with Gasteiger partial charge in [-0.05, 0) is 31.9 Å². The Hall–Kier alpha value is -1.62. The van der Waals surface area contributed by atoms with Gasteiger partial charge in [0.25, 0.3) is 0 Å². The minimum atomic E-state index is 0.0480. The van der Waals surface area contributed by atoms with Crippen LogP contribution in [0.15, 0.2) is 18.3 Å². The van der Waals surface area contributed by atoms with Gasteiger partial charge in [-0.3, -0.25) is 4.40 Å². The molecule has 16 heavy (non-hydrogen) atoms. The van der Waals surface area contributed by atoms with Crippen LogP contribution in [-0.4, -0.2) is 20.7 Å². The molecule has 5 heteroatoms. The van der Waals surface area contributed by atoms with Crippen LogP contribution in [-0.2, 0) is 4.74 Å². The van der Waals surface area contributed by atoms with E-state index < -0.39 is 0 Å². The van der Waals surface area contributed by atoms with Gasteiger partial charge >= 0.3 is 0 Å². The van der Waals surface area contributed by atoms with E-state index in [1.165, 1.54) is 0 Å². The van der Waals surface area contributed by atoms with Crippen molar-refractivity contribution in [2.75, 3.05) is 5.73 Å². The summed E-state index contributed by atoms with van der Waals surface area (Å²) in [6.45, 7) is 2.08. The number of hydrogen-bond donors (Lipinski definition) is 1. The molecule has 5 nitrogen and oxygen atoms in total. The van der Waals surface area contributed by atoms with Gasteiger partial charge in [-0.2, -0.15) is 0 Å². The highest BCUT2D eigenvalue weighted by Crippen LogP contribution is 2.31. The second-order valence-electron chi connectivity index (χ2n) is 4.26. The Morgan fingerprint density at radius 1 is 1.38 bits per heavy atom. The van der Waals surface area contributed by atoms with Crippen LogP contribution < -0.4 is 5.73 Å². The molecule has 0 radical (unpaired) electrons. The fourth-order valence-electron chi connectivity index (χ4n) is 2.14. The molecular weight excluding hydrogens is 204 g/mol. The lowest BCUT2D eigenvalue weighted by Crippen LogP contribution is -2.05. The maximum absolute atomic E-state index is 5.79. The largest absolute Gasteiger partial charge is 0.398 e. The van der Waals surface area contributed by atoms with Gasteiger partial charge in [-0.1, -0.05) is 0 Å². The van der Waals surface area contributed by atoms with Gasteiger partial charge in [0.2, 0.25) is 0 Å². The second kappa shape index (κ2) is 3.45. The smallest absolute Gasteiger partial charge is 0.166 e. The first kappa shape index (κ1) is 9.59. The summed E-state index contributed by atoms with van der Waals surface area (Å²) in [6.07, 6.45) is 4.26. The molecule has 3 heterocycles. The second-order valence-corrected chi connectivity index (χ2v) is 4.26. The first-order valence-corrected chi connectivity index (χ1v) is 5.49. The average molecular weight is 218 g/mol. The number of pyridine rings is 1. The normalized spacial score (nSPS) is 25.3. The van der Waals surface area contributed by atoms with Crippen molar-refractivity contribution >= 4 is 11.3 Å². The quantitative estimate of drug-likeness (QED) is 0.788. The molecule has 84 valence electrons. The minimum absolute atomic E-state index is 0.0480. The van der Waals surface area contributed by atoms with Crippen molar-refractivity contribution in [1.29, 1.82) is 0 Å². The van der Waals surface area contributed by atoms with Gasteiger partial charge in [0, 0.05) is 11.9 Å². The molecule has 1 aliphatic heterocycles. The van der Waals surface area contributed by atoms with Crippen molar-refractivity contribution in [2.24, 2.45) is 0 Å². The highest BCUT2D eigenvalue weighted by molar-refractivity contribution is 5.47. The van der Waals surface area contributed by atoms with E-state index in [4.69, 9.17) is 10.5 Å². The van der Waals surface area contributed by atoms with E-state index in [9.17, 15) is 0 Å². The zero-order valence-corrected chi connectivity index (χ0v) is 9.13. The van der Waals surface area contributed by atoms with Crippen molar-refractivity contribution in [2.45, 2.75) is 32.0 Å². The lowest BCUT2D eigenvalue weighted by molar-refractivity contribution is 0.0497. The number of nitrogens with zero attached hydrogens (tertiary/aromatic N) is 3. The number of rotatable bonds is 1. The van der Waals surface area contributed by atoms with Crippen molar-refractivity contribution in [3.05, 3.63) is 24.2 Å². The minimum Gasteiger partial charge on any atom is -0.398 e. The predicted molar refractivity (Wildman–Crippen MR) is 59.9 cm³/mol. The van der Waals surface area contributed by atoms with Crippen LogP contribution in [0.2, 0.25) is 0 Å². The van der Waals surface area contributed by atoms with Gasteiger partial charge in [-0.15, -0.1) is 10.2 Å². The van der Waals surface area contributed by atoms with Crippen LogP contribution in [0.4, 0.5) is 5.69 Å². The number of anilines is 1. The Balaban J connectivity index is 2.06. The summed E-state index contributed by atoms with van der Waals surface area (Å²) in [5.41, 5.74) is 7.28. The van der Waals surface area contributed by atoms with Crippen LogP contribution in [0.3, 0.4) is 0 Å². The van der Waals surface area contributed by atoms with Gasteiger partial charge in [0.05, 0.1) is 6.10 Å². The number of hydrogen-bond acceptors (Lipinski definition) is 4. The fourth-order valence-corrected chi connectivity index (χ4v) is 2.14. The SMILES string of the molecule is CC1CCC(c2nnc3ccc(N)cn23)O1. The lowest BCUT2D eigenvalue weighted by Gasteiger charge is -2.09. The van der Waals surface area contributed by atoms with Crippen LogP contribution >= 0.6 is 0 Å². The molecule has 1 fully saturated rings. The first-order valence-electron chi connectivity index (χ1n) is 5.49. The van der Waals surface area contributed by atoms with Gasteiger partial charge in [0.15, 0.2) is 11.5 Å². The monoisotopic (exact) mass is 218 g/mol. The summed E-state index contributed by atoms with van der Waals surface area (Å²) >= 11 is 0. The maximum Gasteiger partial charge on any atom is 0.166 e. The Labute approximate surface area is 93.2 Å². The molecule has 0 aromatic carbocycles. The molecule has 0 bridgehead atoms. The molecule has 2 aromatic heterocycles. The summed E-state index contributed by atoms with van der Waals surface area (Å²) in [5.74, 6) is 0.853. The van der Waals surface area contributed by atoms with Crippen molar-refractivity contribution in [3.63, 3.8) is 0 Å². The molecule has 0 spiro atoms. The van der Waals surface area contributed by atoms with E-state index in [0.29, 0.717) is 11.8 Å².